The molecule has 0 aromatic heterocycles. The van der Waals surface area contributed by atoms with Gasteiger partial charge in [-0.25, -0.2) is 0 Å². The first-order valence-corrected chi connectivity index (χ1v) is 22.7. The van der Waals surface area contributed by atoms with Crippen LogP contribution in [0.1, 0.15) is 50.2 Å². The van der Waals surface area contributed by atoms with E-state index in [2.05, 4.69) is 37.2 Å². The highest BCUT2D eigenvalue weighted by Gasteiger charge is 2.42. The molecule has 3 heterocycles. The number of phenols is 1. The van der Waals surface area contributed by atoms with Crippen molar-refractivity contribution >= 4 is 87.0 Å². The van der Waals surface area contributed by atoms with Crippen LogP contribution < -0.4 is 37.2 Å². The van der Waals surface area contributed by atoms with Gasteiger partial charge in [-0.05, 0) is 48.1 Å². The highest BCUT2D eigenvalue weighted by Crippen LogP contribution is 2.34. The molecule has 0 saturated carbocycles. The van der Waals surface area contributed by atoms with Crippen molar-refractivity contribution in [3.8, 4) is 5.75 Å². The quantitative estimate of drug-likeness (QED) is 0.106. The van der Waals surface area contributed by atoms with E-state index in [9.17, 15) is 48.6 Å². The zero-order chi connectivity index (χ0) is 44.2. The van der Waals surface area contributed by atoms with Crippen LogP contribution in [-0.4, -0.2) is 137 Å². The number of fused-ring (bicyclic) bond motifs is 2. The average Bonchev–Trinajstić information content (AvgIpc) is 3.83. The Labute approximate surface area is 365 Å². The van der Waals surface area contributed by atoms with Crippen LogP contribution in [0.25, 0.3) is 0 Å². The summed E-state index contributed by atoms with van der Waals surface area (Å²) in [5.41, 5.74) is 2.38. The standard InChI is InChI=1S/C40H51ClN8O10S2/c1-21(2)9-29-37(56)48-31(38(57)45-24(17-50)12-23-14-42-28-6-4-3-5-26(23)28)18-60-61-19-32(44-20-51)40(59)49-16-25(52)13-33(49)39(58)47-30(36(55)43-15-35(54)46-29)11-22-7-8-34(53)27(41)10-22/h3-8,10,17,20-21,23-25,29-33,42,52-53H,9,11-16,18-19H2,1-2H3,(H,43,55)(H,44,51)(H,45,57)(H,46,54)(H,47,58)(H,48,56)/t23?,24-,25+,29-,30-,31-,32-,33?/m0/s1. The van der Waals surface area contributed by atoms with Crippen LogP contribution in [0.2, 0.25) is 5.02 Å². The Bertz CT molecular complexity index is 1960. The smallest absolute Gasteiger partial charge is 0.246 e. The van der Waals surface area contributed by atoms with Gasteiger partial charge in [-0.2, -0.15) is 0 Å². The Morgan fingerprint density at radius 1 is 0.951 bits per heavy atom. The third-order valence-electron chi connectivity index (χ3n) is 10.5. The van der Waals surface area contributed by atoms with Crippen molar-refractivity contribution in [1.82, 2.24) is 36.8 Å². The molecule has 7 amide bonds. The summed E-state index contributed by atoms with van der Waals surface area (Å²) < 4.78 is 0. The molecule has 18 nitrogen and oxygen atoms in total. The molecule has 8 atom stereocenters. The van der Waals surface area contributed by atoms with E-state index in [1.807, 2.05) is 38.1 Å². The normalized spacial score (nSPS) is 26.0. The number of nitrogens with zero attached hydrogens (tertiary/aromatic N) is 1. The molecule has 21 heteroatoms. The highest BCUT2D eigenvalue weighted by atomic mass is 35.5. The van der Waals surface area contributed by atoms with Gasteiger partial charge in [0.1, 0.15) is 42.2 Å². The number of hydrogen-bond acceptors (Lipinski definition) is 13. The van der Waals surface area contributed by atoms with E-state index in [4.69, 9.17) is 11.6 Å². The van der Waals surface area contributed by atoms with Crippen molar-refractivity contribution < 1.29 is 48.6 Å². The predicted molar refractivity (Wildman–Crippen MR) is 229 cm³/mol. The van der Waals surface area contributed by atoms with Crippen molar-refractivity contribution in [2.24, 2.45) is 5.92 Å². The number of benzene rings is 2. The molecule has 2 aromatic rings. The first kappa shape index (κ1) is 47.0. The average molecular weight is 903 g/mol. The Morgan fingerprint density at radius 3 is 2.43 bits per heavy atom. The molecule has 3 aliphatic rings. The largest absolute Gasteiger partial charge is 0.506 e. The number of amides is 7. The van der Waals surface area contributed by atoms with Crippen LogP contribution in [0.5, 0.6) is 5.75 Å². The maximum Gasteiger partial charge on any atom is 0.246 e. The Morgan fingerprint density at radius 2 is 1.70 bits per heavy atom. The number of aliphatic hydroxyl groups is 1. The van der Waals surface area contributed by atoms with Gasteiger partial charge >= 0.3 is 0 Å². The highest BCUT2D eigenvalue weighted by molar-refractivity contribution is 8.76. The summed E-state index contributed by atoms with van der Waals surface area (Å²) in [5, 5.41) is 39.5. The fraction of sp³-hybridized carbons (Fsp3) is 0.500. The van der Waals surface area contributed by atoms with Gasteiger partial charge < -0.3 is 57.1 Å². The lowest BCUT2D eigenvalue weighted by Crippen LogP contribution is -2.58. The summed E-state index contributed by atoms with van der Waals surface area (Å²) in [6.45, 7) is 3.36. The number of carbonyl (C=O) groups excluding carboxylic acids is 8. The molecule has 2 unspecified atom stereocenters. The second kappa shape index (κ2) is 22.2. The van der Waals surface area contributed by atoms with E-state index in [-0.39, 0.29) is 66.3 Å². The number of halogens is 1. The maximum atomic E-state index is 13.9. The summed E-state index contributed by atoms with van der Waals surface area (Å²) in [5.74, 6) is -4.92. The lowest BCUT2D eigenvalue weighted by Gasteiger charge is -2.29. The van der Waals surface area contributed by atoms with Crippen LogP contribution in [0, 0.1) is 5.92 Å². The molecular formula is C40H51ClN8O10S2. The molecule has 0 aliphatic carbocycles. The third kappa shape index (κ3) is 13.0. The maximum absolute atomic E-state index is 13.9. The van der Waals surface area contributed by atoms with Crippen LogP contribution in [-0.2, 0) is 44.8 Å². The van der Waals surface area contributed by atoms with Gasteiger partial charge in [-0.3, -0.25) is 33.6 Å². The molecule has 2 aromatic carbocycles. The number of para-hydroxylation sites is 1. The fourth-order valence-corrected chi connectivity index (χ4v) is 9.94. The molecule has 61 heavy (non-hydrogen) atoms. The minimum absolute atomic E-state index is 0.0125. The number of hydrogen-bond donors (Lipinski definition) is 9. The van der Waals surface area contributed by atoms with Gasteiger partial charge in [0, 0.05) is 49.0 Å². The topological polar surface area (TPSA) is 264 Å². The van der Waals surface area contributed by atoms with E-state index in [0.29, 0.717) is 24.8 Å². The summed E-state index contributed by atoms with van der Waals surface area (Å²) in [6, 6.07) is 4.78. The van der Waals surface area contributed by atoms with Gasteiger partial charge in [0.15, 0.2) is 0 Å². The summed E-state index contributed by atoms with van der Waals surface area (Å²) in [6.07, 6.45) is -0.0407. The van der Waals surface area contributed by atoms with Crippen molar-refractivity contribution in [2.75, 3.05) is 36.5 Å². The number of carbonyl (C=O) groups is 8. The summed E-state index contributed by atoms with van der Waals surface area (Å²) >= 11 is 6.11. The monoisotopic (exact) mass is 902 g/mol. The minimum Gasteiger partial charge on any atom is -0.506 e. The second-order valence-corrected chi connectivity index (χ2v) is 18.5. The first-order chi connectivity index (χ1) is 29.2. The number of aliphatic hydroxyl groups excluding tert-OH is 1. The van der Waals surface area contributed by atoms with Crippen molar-refractivity contribution in [2.45, 2.75) is 87.8 Å². The Kier molecular flexibility index (Phi) is 17.1. The molecule has 2 saturated heterocycles. The number of phenolic OH excluding ortho intramolecular Hbond substituents is 1. The van der Waals surface area contributed by atoms with Gasteiger partial charge in [0.25, 0.3) is 0 Å². The van der Waals surface area contributed by atoms with E-state index in [1.54, 1.807) is 0 Å². The van der Waals surface area contributed by atoms with Crippen LogP contribution >= 0.6 is 33.2 Å². The lowest BCUT2D eigenvalue weighted by atomic mass is 9.94. The molecule has 0 spiro atoms. The molecule has 0 bridgehead atoms. The molecule has 5 rings (SSSR count). The van der Waals surface area contributed by atoms with Crippen molar-refractivity contribution in [1.29, 1.82) is 0 Å². The molecule has 3 aliphatic heterocycles. The van der Waals surface area contributed by atoms with Crippen LogP contribution in [0.3, 0.4) is 0 Å². The zero-order valence-corrected chi connectivity index (χ0v) is 35.9. The fourth-order valence-electron chi connectivity index (χ4n) is 7.40. The third-order valence-corrected chi connectivity index (χ3v) is 13.2. The van der Waals surface area contributed by atoms with E-state index >= 15 is 0 Å². The number of nitrogens with one attached hydrogen (secondary N) is 7. The Hall–Kier alpha value is -5.05. The SMILES string of the molecule is CC(C)C[C@@H]1NC(=O)CNC(=O)[C@H](Cc2ccc(O)c(Cl)c2)NC(=O)C2C[C@@H](O)CN2C(=O)[C@@H](NC=O)CSSC[C@@H](C(=O)N[C@H](C=O)CC2CNc3ccccc32)NC1=O. The number of aldehydes is 1. The predicted octanol–water partition coefficient (Wildman–Crippen LogP) is -0.0407. The van der Waals surface area contributed by atoms with Crippen LogP contribution in [0.4, 0.5) is 5.69 Å². The Balaban J connectivity index is 1.40. The second-order valence-electron chi connectivity index (χ2n) is 15.5. The van der Waals surface area contributed by atoms with E-state index in [1.165, 1.54) is 18.2 Å². The lowest BCUT2D eigenvalue weighted by molar-refractivity contribution is -0.141. The van der Waals surface area contributed by atoms with E-state index in [0.717, 1.165) is 37.7 Å². The van der Waals surface area contributed by atoms with Gasteiger partial charge in [-0.1, -0.05) is 71.3 Å². The van der Waals surface area contributed by atoms with Crippen molar-refractivity contribution in [3.63, 3.8) is 0 Å². The molecule has 330 valence electrons. The number of aromatic hydroxyl groups is 1. The molecule has 9 N–H and O–H groups in total. The van der Waals surface area contributed by atoms with Gasteiger partial charge in [-0.15, -0.1) is 0 Å². The molecule has 2 fully saturated rings. The summed E-state index contributed by atoms with van der Waals surface area (Å²) in [7, 11) is 2.20. The van der Waals surface area contributed by atoms with Crippen molar-refractivity contribution in [3.05, 3.63) is 58.6 Å². The zero-order valence-electron chi connectivity index (χ0n) is 33.6. The number of rotatable bonds is 11. The summed E-state index contributed by atoms with van der Waals surface area (Å²) in [4.78, 5) is 108. The molecular weight excluding hydrogens is 852 g/mol. The van der Waals surface area contributed by atoms with Crippen LogP contribution in [0.15, 0.2) is 42.5 Å². The van der Waals surface area contributed by atoms with Gasteiger partial charge in [0.05, 0.1) is 23.7 Å². The molecule has 0 radical (unpaired) electrons. The number of anilines is 1. The van der Waals surface area contributed by atoms with Gasteiger partial charge in [0.2, 0.25) is 41.9 Å². The minimum atomic E-state index is -1.35. The first-order valence-electron chi connectivity index (χ1n) is 19.8. The van der Waals surface area contributed by atoms with E-state index < -0.39 is 84.3 Å².